The fourth-order valence-electron chi connectivity index (χ4n) is 3.87. The lowest BCUT2D eigenvalue weighted by atomic mass is 10.0. The number of fused-ring (bicyclic) bond motifs is 2. The van der Waals surface area contributed by atoms with Gasteiger partial charge in [0.15, 0.2) is 0 Å². The number of anilines is 1. The van der Waals surface area contributed by atoms with E-state index in [1.54, 1.807) is 0 Å². The average Bonchev–Trinajstić information content (AvgIpc) is 2.80. The molecule has 2 aromatic carbocycles. The molecular weight excluding hydrogens is 412 g/mol. The molecule has 0 bridgehead atoms. The van der Waals surface area contributed by atoms with Crippen LogP contribution in [0.2, 0.25) is 0 Å². The van der Waals surface area contributed by atoms with Crippen LogP contribution < -0.4 is 10.2 Å². The van der Waals surface area contributed by atoms with Crippen molar-refractivity contribution in [2.24, 2.45) is 5.92 Å². The largest absolute Gasteiger partial charge is 0.408 e. The Labute approximate surface area is 198 Å². The summed E-state index contributed by atoms with van der Waals surface area (Å²) in [6.45, 7) is 6.31. The summed E-state index contributed by atoms with van der Waals surface area (Å²) in [4.78, 5) is 27.3. The Kier molecular flexibility index (Phi) is 9.25. The number of carbonyl (C=O) groups excluding carboxylic acids is 2. The Morgan fingerprint density at radius 2 is 1.64 bits per heavy atom. The van der Waals surface area contributed by atoms with Gasteiger partial charge >= 0.3 is 0 Å². The topological polar surface area (TPSA) is 52.1 Å². The summed E-state index contributed by atoms with van der Waals surface area (Å²) in [5.41, 5.74) is 4.25. The number of carbonyl (C=O) groups is 2. The van der Waals surface area contributed by atoms with Gasteiger partial charge in [-0.05, 0) is 41.5 Å². The van der Waals surface area contributed by atoms with Crippen LogP contribution in [0.4, 0.5) is 5.69 Å². The van der Waals surface area contributed by atoms with Gasteiger partial charge < -0.3 is 9.27 Å². The van der Waals surface area contributed by atoms with Gasteiger partial charge in [-0.15, -0.1) is 0 Å². The molecule has 0 unspecified atom stereocenters. The predicted octanol–water partition coefficient (Wildman–Crippen LogP) is 5.57. The average molecular weight is 450 g/mol. The molecule has 0 atom stereocenters. The van der Waals surface area contributed by atoms with Crippen molar-refractivity contribution in [1.29, 1.82) is 0 Å². The molecule has 1 heterocycles. The number of hydrogen-bond donors (Lipinski definition) is 1. The van der Waals surface area contributed by atoms with Crippen LogP contribution in [0.3, 0.4) is 0 Å². The number of benzene rings is 2. The molecule has 1 N–H and O–H groups in total. The first-order valence-electron chi connectivity index (χ1n) is 11.9. The standard InChI is InChI=1S/C28H36N2O3/c1-22(2)18-19-33(3)21-29-27(31)14-8-9-15-28(32)30-20-25-12-5-4-10-23(25)16-17-24-11-6-7-13-26(24)30/h4-7,10-13,16-17,22H,8-9,14-15,18-21H2,1-3H3/p+1/b17-16-. The fourth-order valence-corrected chi connectivity index (χ4v) is 3.87. The maximum Gasteiger partial charge on any atom is 0.227 e. The summed E-state index contributed by atoms with van der Waals surface area (Å²) in [5, 5.41) is 2.94. The number of nitrogens with one attached hydrogen (secondary N) is 1. The second-order valence-corrected chi connectivity index (χ2v) is 9.19. The molecule has 5 heteroatoms. The molecule has 1 aliphatic heterocycles. The summed E-state index contributed by atoms with van der Waals surface area (Å²) < 4.78 is 2.95. The quantitative estimate of drug-likeness (QED) is 0.293. The van der Waals surface area contributed by atoms with Crippen LogP contribution in [0.5, 0.6) is 0 Å². The Morgan fingerprint density at radius 1 is 0.970 bits per heavy atom. The second-order valence-electron chi connectivity index (χ2n) is 9.19. The summed E-state index contributed by atoms with van der Waals surface area (Å²) in [5.74, 6) is 0.761. The maximum atomic E-state index is 13.2. The van der Waals surface area contributed by atoms with Gasteiger partial charge in [-0.25, -0.2) is 0 Å². The highest BCUT2D eigenvalue weighted by Crippen LogP contribution is 2.29. The van der Waals surface area contributed by atoms with Gasteiger partial charge in [0.1, 0.15) is 13.7 Å². The second kappa shape index (κ2) is 12.4. The lowest BCUT2D eigenvalue weighted by Gasteiger charge is -2.27. The van der Waals surface area contributed by atoms with E-state index in [0.29, 0.717) is 44.9 Å². The monoisotopic (exact) mass is 449 g/mol. The van der Waals surface area contributed by atoms with Crippen molar-refractivity contribution in [3.63, 3.8) is 0 Å². The van der Waals surface area contributed by atoms with Crippen molar-refractivity contribution < 1.29 is 14.0 Å². The van der Waals surface area contributed by atoms with E-state index < -0.39 is 0 Å². The lowest BCUT2D eigenvalue weighted by Crippen LogP contribution is -2.32. The molecule has 3 rings (SSSR count). The van der Waals surface area contributed by atoms with E-state index in [4.69, 9.17) is 0 Å². The highest BCUT2D eigenvalue weighted by Gasteiger charge is 2.20. The van der Waals surface area contributed by atoms with Crippen LogP contribution in [-0.4, -0.2) is 32.3 Å². The Bertz CT molecular complexity index is 967. The van der Waals surface area contributed by atoms with Crippen molar-refractivity contribution in [1.82, 2.24) is 5.32 Å². The highest BCUT2D eigenvalue weighted by molar-refractivity contribution is 5.97. The molecule has 0 radical (unpaired) electrons. The van der Waals surface area contributed by atoms with Crippen molar-refractivity contribution in [3.8, 4) is 0 Å². The van der Waals surface area contributed by atoms with Crippen molar-refractivity contribution in [2.75, 3.05) is 25.3 Å². The molecule has 176 valence electrons. The SMILES string of the molecule is CC(C)CC[O+](C)CNC(=O)CCCCC(=O)N1Cc2ccccc2/C=C\c2ccccc21. The number of amides is 2. The minimum Gasteiger partial charge on any atom is -0.408 e. The van der Waals surface area contributed by atoms with Gasteiger partial charge in [-0.1, -0.05) is 68.5 Å². The van der Waals surface area contributed by atoms with Crippen LogP contribution >= 0.6 is 0 Å². The van der Waals surface area contributed by atoms with Gasteiger partial charge in [0.25, 0.3) is 0 Å². The van der Waals surface area contributed by atoms with E-state index in [1.165, 1.54) is 0 Å². The van der Waals surface area contributed by atoms with Gasteiger partial charge in [0, 0.05) is 19.3 Å². The minimum absolute atomic E-state index is 0.0296. The zero-order valence-electron chi connectivity index (χ0n) is 20.2. The Hall–Kier alpha value is -2.92. The first-order valence-corrected chi connectivity index (χ1v) is 11.9. The lowest BCUT2D eigenvalue weighted by molar-refractivity contribution is -0.138. The number of rotatable bonds is 10. The summed E-state index contributed by atoms with van der Waals surface area (Å²) in [6, 6.07) is 16.2. The third-order valence-electron chi connectivity index (χ3n) is 5.96. The molecule has 0 saturated heterocycles. The van der Waals surface area contributed by atoms with Crippen LogP contribution in [0.25, 0.3) is 12.2 Å². The fraction of sp³-hybridized carbons (Fsp3) is 0.429. The first-order chi connectivity index (χ1) is 15.9. The van der Waals surface area contributed by atoms with Gasteiger partial charge in [0.05, 0.1) is 12.2 Å². The van der Waals surface area contributed by atoms with Crippen LogP contribution in [0.15, 0.2) is 48.5 Å². The van der Waals surface area contributed by atoms with Gasteiger partial charge in [-0.2, -0.15) is 0 Å². The molecule has 2 amide bonds. The smallest absolute Gasteiger partial charge is 0.227 e. The third-order valence-corrected chi connectivity index (χ3v) is 5.96. The molecule has 0 aliphatic carbocycles. The van der Waals surface area contributed by atoms with E-state index in [2.05, 4.69) is 47.8 Å². The van der Waals surface area contributed by atoms with E-state index >= 15 is 0 Å². The predicted molar refractivity (Wildman–Crippen MR) is 136 cm³/mol. The zero-order valence-corrected chi connectivity index (χ0v) is 20.2. The molecule has 1 aliphatic rings. The zero-order chi connectivity index (χ0) is 23.6. The van der Waals surface area contributed by atoms with Crippen molar-refractivity contribution in [2.45, 2.75) is 52.5 Å². The Balaban J connectivity index is 1.51. The summed E-state index contributed by atoms with van der Waals surface area (Å²) in [6.07, 6.45) is 7.54. The summed E-state index contributed by atoms with van der Waals surface area (Å²) >= 11 is 0. The van der Waals surface area contributed by atoms with E-state index in [9.17, 15) is 9.59 Å². The summed E-state index contributed by atoms with van der Waals surface area (Å²) in [7, 11) is 1.94. The number of hydrogen-bond acceptors (Lipinski definition) is 2. The van der Waals surface area contributed by atoms with Crippen LogP contribution in [-0.2, 0) is 20.5 Å². The minimum atomic E-state index is 0.0296. The van der Waals surface area contributed by atoms with Crippen molar-refractivity contribution in [3.05, 3.63) is 65.2 Å². The Morgan fingerprint density at radius 3 is 2.42 bits per heavy atom. The molecular formula is C28H37N2O3+. The molecule has 33 heavy (non-hydrogen) atoms. The molecule has 0 saturated carbocycles. The van der Waals surface area contributed by atoms with Gasteiger partial charge in [0.2, 0.25) is 18.5 Å². The number of para-hydroxylation sites is 1. The third kappa shape index (κ3) is 7.57. The van der Waals surface area contributed by atoms with Gasteiger partial charge in [-0.3, -0.25) is 14.9 Å². The van der Waals surface area contributed by atoms with E-state index in [0.717, 1.165) is 35.4 Å². The van der Waals surface area contributed by atoms with Crippen molar-refractivity contribution >= 4 is 29.7 Å². The number of nitrogens with zero attached hydrogens (tertiary/aromatic N) is 1. The molecule has 5 nitrogen and oxygen atoms in total. The molecule has 0 fully saturated rings. The molecule has 0 spiro atoms. The molecule has 2 aromatic rings. The molecule has 0 aromatic heterocycles. The van der Waals surface area contributed by atoms with E-state index in [-0.39, 0.29) is 11.8 Å². The maximum absolute atomic E-state index is 13.2. The number of unbranched alkanes of at least 4 members (excludes halogenated alkanes) is 1. The highest BCUT2D eigenvalue weighted by atomic mass is 16.7. The first kappa shape index (κ1) is 24.7. The van der Waals surface area contributed by atoms with Crippen LogP contribution in [0, 0.1) is 5.92 Å². The van der Waals surface area contributed by atoms with E-state index in [1.807, 2.05) is 48.4 Å². The normalized spacial score (nSPS) is 13.8. The van der Waals surface area contributed by atoms with Crippen LogP contribution in [0.1, 0.15) is 62.6 Å².